The van der Waals surface area contributed by atoms with Crippen molar-refractivity contribution in [2.75, 3.05) is 11.9 Å². The molecule has 104 valence electrons. The third-order valence-corrected chi connectivity index (χ3v) is 4.48. The summed E-state index contributed by atoms with van der Waals surface area (Å²) in [6.45, 7) is 3.21. The zero-order chi connectivity index (χ0) is 14.1. The van der Waals surface area contributed by atoms with Crippen molar-refractivity contribution in [3.63, 3.8) is 0 Å². The van der Waals surface area contributed by atoms with Gasteiger partial charge in [0, 0.05) is 23.9 Å². The Bertz CT molecular complexity index is 666. The number of hydrogen-bond donors (Lipinski definition) is 2. The molecule has 0 bridgehead atoms. The minimum atomic E-state index is -0.259. The Labute approximate surface area is 120 Å². The van der Waals surface area contributed by atoms with E-state index in [9.17, 15) is 9.18 Å². The Morgan fingerprint density at radius 1 is 1.45 bits per heavy atom. The largest absolute Gasteiger partial charge is 0.317 e. The Balaban J connectivity index is 2.15. The first-order chi connectivity index (χ1) is 9.65. The van der Waals surface area contributed by atoms with Crippen LogP contribution in [0.2, 0.25) is 0 Å². The molecule has 3 rings (SSSR count). The van der Waals surface area contributed by atoms with Crippen LogP contribution < -0.4 is 10.6 Å². The van der Waals surface area contributed by atoms with Crippen molar-refractivity contribution in [3.05, 3.63) is 40.5 Å². The smallest absolute Gasteiger partial charge is 0.221 e. The van der Waals surface area contributed by atoms with Gasteiger partial charge in [-0.15, -0.1) is 11.3 Å². The minimum absolute atomic E-state index is 0.103. The molecule has 20 heavy (non-hydrogen) atoms. The van der Waals surface area contributed by atoms with Gasteiger partial charge in [-0.05, 0) is 36.2 Å². The fraction of sp³-hybridized carbons (Fsp3) is 0.267. The predicted octanol–water partition coefficient (Wildman–Crippen LogP) is 3.16. The second kappa shape index (κ2) is 5.34. The van der Waals surface area contributed by atoms with Gasteiger partial charge in [0.1, 0.15) is 10.8 Å². The van der Waals surface area contributed by atoms with Crippen molar-refractivity contribution >= 4 is 22.2 Å². The number of carbonyl (C=O) groups excluding carboxylic acids is 1. The molecule has 0 aliphatic carbocycles. The summed E-state index contributed by atoms with van der Waals surface area (Å²) in [5.74, 6) is -0.362. The van der Waals surface area contributed by atoms with Crippen LogP contribution in [-0.4, -0.2) is 12.5 Å². The summed E-state index contributed by atoms with van der Waals surface area (Å²) in [4.78, 5) is 12.6. The highest BCUT2D eigenvalue weighted by molar-refractivity contribution is 7.17. The maximum atomic E-state index is 13.5. The van der Waals surface area contributed by atoms with Gasteiger partial charge in [-0.2, -0.15) is 0 Å². The standard InChI is InChI=1S/C15H15FN2OS/c1-9(19)18-15-14(10-3-2-4-11(16)7-10)12-5-6-17-8-13(12)20-15/h2-4,7,17H,5-6,8H2,1H3,(H,18,19). The zero-order valence-electron chi connectivity index (χ0n) is 11.1. The maximum Gasteiger partial charge on any atom is 0.221 e. The van der Waals surface area contributed by atoms with E-state index in [1.807, 2.05) is 6.07 Å². The lowest BCUT2D eigenvalue weighted by Crippen LogP contribution is -2.22. The molecule has 1 aliphatic rings. The van der Waals surface area contributed by atoms with Crippen LogP contribution in [0.1, 0.15) is 17.4 Å². The molecule has 0 saturated heterocycles. The Hall–Kier alpha value is -1.72. The van der Waals surface area contributed by atoms with E-state index in [0.29, 0.717) is 0 Å². The van der Waals surface area contributed by atoms with Crippen LogP contribution in [0.4, 0.5) is 9.39 Å². The van der Waals surface area contributed by atoms with Gasteiger partial charge >= 0.3 is 0 Å². The van der Waals surface area contributed by atoms with Crippen LogP contribution in [0.25, 0.3) is 11.1 Å². The summed E-state index contributed by atoms with van der Waals surface area (Å²) < 4.78 is 13.5. The fourth-order valence-electron chi connectivity index (χ4n) is 2.53. The van der Waals surface area contributed by atoms with Crippen molar-refractivity contribution in [2.45, 2.75) is 19.9 Å². The number of thiophene rings is 1. The van der Waals surface area contributed by atoms with E-state index in [1.54, 1.807) is 17.4 Å². The molecule has 5 heteroatoms. The molecule has 2 aromatic rings. The predicted molar refractivity (Wildman–Crippen MR) is 79.4 cm³/mol. The summed E-state index contributed by atoms with van der Waals surface area (Å²) in [5.41, 5.74) is 3.03. The molecule has 1 aromatic heterocycles. The maximum absolute atomic E-state index is 13.5. The molecule has 2 N–H and O–H groups in total. The van der Waals surface area contributed by atoms with Gasteiger partial charge in [-0.25, -0.2) is 4.39 Å². The van der Waals surface area contributed by atoms with Gasteiger partial charge in [-0.1, -0.05) is 12.1 Å². The van der Waals surface area contributed by atoms with Gasteiger partial charge in [0.25, 0.3) is 0 Å². The van der Waals surface area contributed by atoms with Crippen molar-refractivity contribution in [1.29, 1.82) is 0 Å². The molecular formula is C15H15FN2OS. The summed E-state index contributed by atoms with van der Waals surface area (Å²) in [6.07, 6.45) is 0.900. The molecule has 0 atom stereocenters. The first-order valence-electron chi connectivity index (χ1n) is 6.54. The Kier molecular flexibility index (Phi) is 3.54. The van der Waals surface area contributed by atoms with Crippen molar-refractivity contribution in [1.82, 2.24) is 5.32 Å². The summed E-state index contributed by atoms with van der Waals surface area (Å²) >= 11 is 1.57. The lowest BCUT2D eigenvalue weighted by molar-refractivity contribution is -0.114. The van der Waals surface area contributed by atoms with Crippen LogP contribution in [0, 0.1) is 5.82 Å². The number of halogens is 1. The Morgan fingerprint density at radius 2 is 2.30 bits per heavy atom. The molecule has 0 spiro atoms. The van der Waals surface area contributed by atoms with Gasteiger partial charge in [-0.3, -0.25) is 4.79 Å². The normalized spacial score (nSPS) is 13.9. The number of amides is 1. The number of fused-ring (bicyclic) bond motifs is 1. The van der Waals surface area contributed by atoms with Gasteiger partial charge in [0.15, 0.2) is 0 Å². The molecule has 1 aliphatic heterocycles. The monoisotopic (exact) mass is 290 g/mol. The molecule has 0 radical (unpaired) electrons. The van der Waals surface area contributed by atoms with Gasteiger partial charge in [0.05, 0.1) is 0 Å². The SMILES string of the molecule is CC(=O)Nc1sc2c(c1-c1cccc(F)c1)CCNC2. The molecule has 1 amide bonds. The molecule has 2 heterocycles. The highest BCUT2D eigenvalue weighted by Gasteiger charge is 2.22. The Morgan fingerprint density at radius 3 is 3.05 bits per heavy atom. The molecule has 0 unspecified atom stereocenters. The zero-order valence-corrected chi connectivity index (χ0v) is 11.9. The van der Waals surface area contributed by atoms with Crippen LogP contribution in [0.5, 0.6) is 0 Å². The lowest BCUT2D eigenvalue weighted by atomic mass is 9.98. The third-order valence-electron chi connectivity index (χ3n) is 3.33. The second-order valence-corrected chi connectivity index (χ2v) is 5.93. The fourth-order valence-corrected chi connectivity index (χ4v) is 3.82. The molecule has 0 fully saturated rings. The molecule has 0 saturated carbocycles. The minimum Gasteiger partial charge on any atom is -0.317 e. The number of rotatable bonds is 2. The summed E-state index contributed by atoms with van der Waals surface area (Å²) in [5, 5.41) is 7.02. The number of nitrogens with one attached hydrogen (secondary N) is 2. The van der Waals surface area contributed by atoms with E-state index < -0.39 is 0 Å². The van der Waals surface area contributed by atoms with Gasteiger partial charge in [0.2, 0.25) is 5.91 Å². The first-order valence-corrected chi connectivity index (χ1v) is 7.35. The molecule has 1 aromatic carbocycles. The van der Waals surface area contributed by atoms with E-state index in [-0.39, 0.29) is 11.7 Å². The van der Waals surface area contributed by atoms with E-state index in [4.69, 9.17) is 0 Å². The number of carbonyl (C=O) groups is 1. The molecular weight excluding hydrogens is 275 g/mol. The topological polar surface area (TPSA) is 41.1 Å². The van der Waals surface area contributed by atoms with Crippen molar-refractivity contribution in [3.8, 4) is 11.1 Å². The number of anilines is 1. The lowest BCUT2D eigenvalue weighted by Gasteiger charge is -2.14. The third kappa shape index (κ3) is 2.46. The second-order valence-electron chi connectivity index (χ2n) is 4.83. The summed E-state index contributed by atoms with van der Waals surface area (Å²) in [6, 6.07) is 6.55. The highest BCUT2D eigenvalue weighted by atomic mass is 32.1. The molecule has 3 nitrogen and oxygen atoms in total. The van der Waals surface area contributed by atoms with Crippen LogP contribution in [0.3, 0.4) is 0 Å². The van der Waals surface area contributed by atoms with Crippen LogP contribution in [-0.2, 0) is 17.8 Å². The number of benzene rings is 1. The van der Waals surface area contributed by atoms with Crippen molar-refractivity contribution < 1.29 is 9.18 Å². The van der Waals surface area contributed by atoms with Crippen molar-refractivity contribution in [2.24, 2.45) is 0 Å². The van der Waals surface area contributed by atoms with E-state index in [2.05, 4.69) is 10.6 Å². The van der Waals surface area contributed by atoms with Gasteiger partial charge < -0.3 is 10.6 Å². The average Bonchev–Trinajstić information content (AvgIpc) is 2.75. The first kappa shape index (κ1) is 13.3. The van der Waals surface area contributed by atoms with E-state index in [1.165, 1.54) is 29.5 Å². The average molecular weight is 290 g/mol. The summed E-state index contributed by atoms with van der Waals surface area (Å²) in [7, 11) is 0. The van der Waals surface area contributed by atoms with Crippen LogP contribution in [0.15, 0.2) is 24.3 Å². The van der Waals surface area contributed by atoms with E-state index >= 15 is 0 Å². The quantitative estimate of drug-likeness (QED) is 0.892. The number of hydrogen-bond acceptors (Lipinski definition) is 3. The highest BCUT2D eigenvalue weighted by Crippen LogP contribution is 2.42. The van der Waals surface area contributed by atoms with E-state index in [0.717, 1.165) is 35.6 Å². The van der Waals surface area contributed by atoms with Crippen LogP contribution >= 0.6 is 11.3 Å².